The molecule has 2 aromatic heterocycles. The van der Waals surface area contributed by atoms with Crippen LogP contribution < -0.4 is 10.1 Å². The van der Waals surface area contributed by atoms with E-state index in [2.05, 4.69) is 36.2 Å². The van der Waals surface area contributed by atoms with Gasteiger partial charge in [-0.1, -0.05) is 24.6 Å². The summed E-state index contributed by atoms with van der Waals surface area (Å²) in [6.45, 7) is 6.47. The largest absolute Gasteiger partial charge is 0.497 e. The first kappa shape index (κ1) is 21.1. The highest BCUT2D eigenvalue weighted by atomic mass is 32.1. The maximum atomic E-state index is 12.8. The van der Waals surface area contributed by atoms with Gasteiger partial charge < -0.3 is 10.1 Å². The van der Waals surface area contributed by atoms with Crippen LogP contribution in [0.4, 0.5) is 5.00 Å². The van der Waals surface area contributed by atoms with E-state index in [0.717, 1.165) is 28.7 Å². The molecule has 0 aliphatic carbocycles. The van der Waals surface area contributed by atoms with Gasteiger partial charge in [0.05, 0.1) is 18.0 Å². The lowest BCUT2D eigenvalue weighted by Crippen LogP contribution is -2.35. The molecule has 1 unspecified atom stereocenters. The molecule has 0 radical (unpaired) electrons. The number of ether oxygens (including phenoxy) is 1. The molecule has 1 atom stereocenters. The Bertz CT molecular complexity index is 987. The summed E-state index contributed by atoms with van der Waals surface area (Å²) in [5.41, 5.74) is 3.74. The number of anilines is 1. The number of nitrogens with zero attached hydrogens (tertiary/aromatic N) is 1. The number of hydrogen-bond acceptors (Lipinski definition) is 5. The number of likely N-dealkylation sites (tertiary alicyclic amines) is 1. The van der Waals surface area contributed by atoms with Gasteiger partial charge in [-0.2, -0.15) is 0 Å². The van der Waals surface area contributed by atoms with E-state index in [1.54, 1.807) is 18.4 Å². The van der Waals surface area contributed by atoms with Gasteiger partial charge in [0.2, 0.25) is 0 Å². The Kier molecular flexibility index (Phi) is 6.56. The molecule has 3 aromatic rings. The third-order valence-electron chi connectivity index (χ3n) is 5.86. The molecule has 6 heteroatoms. The second-order valence-electron chi connectivity index (χ2n) is 7.73. The van der Waals surface area contributed by atoms with E-state index in [9.17, 15) is 4.79 Å². The number of benzene rings is 1. The quantitative estimate of drug-likeness (QED) is 0.492. The van der Waals surface area contributed by atoms with Crippen molar-refractivity contribution in [2.75, 3.05) is 25.5 Å². The molecule has 158 valence electrons. The lowest BCUT2D eigenvalue weighted by Gasteiger charge is -2.36. The van der Waals surface area contributed by atoms with Crippen molar-refractivity contribution >= 4 is 33.6 Å². The van der Waals surface area contributed by atoms with Crippen molar-refractivity contribution in [3.05, 3.63) is 68.2 Å². The molecule has 4 rings (SSSR count). The molecule has 1 aliphatic rings. The van der Waals surface area contributed by atoms with Crippen molar-refractivity contribution in [3.63, 3.8) is 0 Å². The van der Waals surface area contributed by atoms with E-state index in [-0.39, 0.29) is 11.9 Å². The Morgan fingerprint density at radius 2 is 1.83 bits per heavy atom. The zero-order chi connectivity index (χ0) is 21.1. The summed E-state index contributed by atoms with van der Waals surface area (Å²) in [6, 6.07) is 12.3. The number of piperidine rings is 1. The predicted octanol–water partition coefficient (Wildman–Crippen LogP) is 6.26. The minimum absolute atomic E-state index is 0.0281. The summed E-state index contributed by atoms with van der Waals surface area (Å²) in [6.07, 6.45) is 3.72. The van der Waals surface area contributed by atoms with E-state index < -0.39 is 0 Å². The number of methoxy groups -OCH3 is 1. The van der Waals surface area contributed by atoms with Crippen molar-refractivity contribution in [2.24, 2.45) is 0 Å². The number of carbonyl (C=O) groups is 1. The van der Waals surface area contributed by atoms with E-state index in [1.165, 1.54) is 52.2 Å². The molecule has 0 saturated carbocycles. The van der Waals surface area contributed by atoms with Crippen LogP contribution in [0.15, 0.2) is 41.8 Å². The monoisotopic (exact) mass is 440 g/mol. The molecule has 1 aliphatic heterocycles. The van der Waals surface area contributed by atoms with Crippen LogP contribution in [0, 0.1) is 13.8 Å². The van der Waals surface area contributed by atoms with Gasteiger partial charge in [-0.15, -0.1) is 22.7 Å². The number of aryl methyl sites for hydroxylation is 1. The normalized spacial score (nSPS) is 15.7. The van der Waals surface area contributed by atoms with E-state index >= 15 is 0 Å². The molecule has 1 aromatic carbocycles. The number of rotatable bonds is 6. The van der Waals surface area contributed by atoms with Crippen LogP contribution in [0.2, 0.25) is 0 Å². The summed E-state index contributed by atoms with van der Waals surface area (Å²) in [5.74, 6) is 0.834. The van der Waals surface area contributed by atoms with E-state index in [0.29, 0.717) is 0 Å². The molecule has 4 nitrogen and oxygen atoms in total. The molecule has 3 heterocycles. The first-order valence-electron chi connectivity index (χ1n) is 10.4. The van der Waals surface area contributed by atoms with Crippen LogP contribution in [-0.2, 0) is 0 Å². The molecular formula is C24H28N2O2S2. The maximum absolute atomic E-state index is 12.8. The molecule has 30 heavy (non-hydrogen) atoms. The van der Waals surface area contributed by atoms with Crippen LogP contribution in [0.1, 0.15) is 56.5 Å². The summed E-state index contributed by atoms with van der Waals surface area (Å²) in [7, 11) is 1.70. The van der Waals surface area contributed by atoms with Crippen LogP contribution in [0.3, 0.4) is 0 Å². The number of hydrogen-bond donors (Lipinski definition) is 1. The second-order valence-corrected chi connectivity index (χ2v) is 9.90. The summed E-state index contributed by atoms with van der Waals surface area (Å²) in [5, 5.41) is 6.13. The Balaban J connectivity index is 1.76. The van der Waals surface area contributed by atoms with Crippen molar-refractivity contribution < 1.29 is 9.53 Å². The molecule has 1 fully saturated rings. The maximum Gasteiger partial charge on any atom is 0.266 e. The van der Waals surface area contributed by atoms with Crippen molar-refractivity contribution in [3.8, 4) is 5.75 Å². The second kappa shape index (κ2) is 9.33. The van der Waals surface area contributed by atoms with Crippen molar-refractivity contribution in [1.82, 2.24) is 4.90 Å². The Morgan fingerprint density at radius 1 is 1.10 bits per heavy atom. The summed E-state index contributed by atoms with van der Waals surface area (Å²) >= 11 is 3.15. The fourth-order valence-electron chi connectivity index (χ4n) is 4.16. The third-order valence-corrected chi connectivity index (χ3v) is 7.87. The topological polar surface area (TPSA) is 41.6 Å². The zero-order valence-corrected chi connectivity index (χ0v) is 19.4. The van der Waals surface area contributed by atoms with Gasteiger partial charge >= 0.3 is 0 Å². The highest BCUT2D eigenvalue weighted by Gasteiger charge is 2.30. The van der Waals surface area contributed by atoms with E-state index in [1.807, 2.05) is 29.6 Å². The summed E-state index contributed by atoms with van der Waals surface area (Å²) in [4.78, 5) is 17.4. The number of thiophene rings is 2. The number of nitrogens with one attached hydrogen (secondary N) is 1. The summed E-state index contributed by atoms with van der Waals surface area (Å²) < 4.78 is 5.38. The highest BCUT2D eigenvalue weighted by molar-refractivity contribution is 7.17. The van der Waals surface area contributed by atoms with Crippen molar-refractivity contribution in [1.29, 1.82) is 0 Å². The van der Waals surface area contributed by atoms with Gasteiger partial charge in [0, 0.05) is 10.4 Å². The van der Waals surface area contributed by atoms with Gasteiger partial charge in [0.15, 0.2) is 0 Å². The average Bonchev–Trinajstić information content (AvgIpc) is 3.40. The predicted molar refractivity (Wildman–Crippen MR) is 126 cm³/mol. The molecular weight excluding hydrogens is 412 g/mol. The molecule has 0 bridgehead atoms. The Morgan fingerprint density at radius 3 is 2.47 bits per heavy atom. The van der Waals surface area contributed by atoms with Crippen LogP contribution in [0.5, 0.6) is 5.75 Å². The van der Waals surface area contributed by atoms with Crippen LogP contribution in [-0.4, -0.2) is 31.0 Å². The van der Waals surface area contributed by atoms with E-state index in [4.69, 9.17) is 4.74 Å². The fourth-order valence-corrected chi connectivity index (χ4v) is 5.87. The third kappa shape index (κ3) is 4.31. The zero-order valence-electron chi connectivity index (χ0n) is 17.7. The van der Waals surface area contributed by atoms with Crippen LogP contribution >= 0.6 is 22.7 Å². The van der Waals surface area contributed by atoms with Gasteiger partial charge in [-0.05, 0) is 74.5 Å². The van der Waals surface area contributed by atoms with Crippen LogP contribution in [0.25, 0.3) is 0 Å². The lowest BCUT2D eigenvalue weighted by molar-refractivity contribution is 0.103. The molecule has 1 saturated heterocycles. The number of amides is 1. The van der Waals surface area contributed by atoms with Gasteiger partial charge in [0.25, 0.3) is 5.91 Å². The van der Waals surface area contributed by atoms with Gasteiger partial charge in [0.1, 0.15) is 10.8 Å². The molecule has 0 spiro atoms. The standard InChI is InChI=1S/C24H28N2O2S2/c1-16-17(2)30-24(25-23(27)20-8-7-15-29-20)21(16)22(26-13-5-4-6-14-26)18-9-11-19(28-3)12-10-18/h7-12,15,22H,4-6,13-14H2,1-3H3,(H,25,27). The molecule has 1 amide bonds. The highest BCUT2D eigenvalue weighted by Crippen LogP contribution is 2.43. The number of carbonyl (C=O) groups excluding carboxylic acids is 1. The lowest BCUT2D eigenvalue weighted by atomic mass is 9.93. The Labute approximate surface area is 186 Å². The van der Waals surface area contributed by atoms with Gasteiger partial charge in [-0.25, -0.2) is 0 Å². The minimum atomic E-state index is -0.0281. The Hall–Kier alpha value is -2.15. The SMILES string of the molecule is COc1ccc(C(c2c(NC(=O)c3cccs3)sc(C)c2C)N2CCCCC2)cc1. The first-order valence-corrected chi connectivity index (χ1v) is 12.1. The average molecular weight is 441 g/mol. The molecule has 1 N–H and O–H groups in total. The fraction of sp³-hybridized carbons (Fsp3) is 0.375. The first-order chi connectivity index (χ1) is 14.6. The van der Waals surface area contributed by atoms with Crippen molar-refractivity contribution in [2.45, 2.75) is 39.2 Å². The smallest absolute Gasteiger partial charge is 0.266 e. The minimum Gasteiger partial charge on any atom is -0.497 e. The van der Waals surface area contributed by atoms with Gasteiger partial charge in [-0.3, -0.25) is 9.69 Å².